The first-order valence-corrected chi connectivity index (χ1v) is 9.59. The molecule has 6 heteroatoms. The number of ether oxygens (including phenoxy) is 2. The van der Waals surface area contributed by atoms with Gasteiger partial charge in [0.25, 0.3) is 0 Å². The molecule has 134 valence electrons. The third-order valence-corrected chi connectivity index (χ3v) is 4.77. The van der Waals surface area contributed by atoms with Crippen molar-refractivity contribution in [2.45, 2.75) is 24.3 Å². The number of thioether (sulfide) groups is 1. The fraction of sp³-hybridized carbons (Fsp3) is 0.200. The lowest BCUT2D eigenvalue weighted by molar-refractivity contribution is 0.414. The molecule has 0 amide bonds. The smallest absolute Gasteiger partial charge is 0.223 e. The van der Waals surface area contributed by atoms with Gasteiger partial charge < -0.3 is 9.47 Å². The Hall–Kier alpha value is -2.24. The molecule has 0 bridgehead atoms. The van der Waals surface area contributed by atoms with Gasteiger partial charge in [0.15, 0.2) is 5.16 Å². The van der Waals surface area contributed by atoms with Gasteiger partial charge in [-0.1, -0.05) is 48.5 Å². The minimum absolute atomic E-state index is 0.521. The summed E-state index contributed by atoms with van der Waals surface area (Å²) in [7, 11) is 1.67. The van der Waals surface area contributed by atoms with Gasteiger partial charge in [0.05, 0.1) is 7.11 Å². The summed E-state index contributed by atoms with van der Waals surface area (Å²) < 4.78 is 11.1. The number of rotatable bonds is 7. The zero-order valence-electron chi connectivity index (χ0n) is 14.6. The number of nitrogens with zero attached hydrogens (tertiary/aromatic N) is 2. The van der Waals surface area contributed by atoms with Crippen molar-refractivity contribution < 1.29 is 9.47 Å². The molecule has 3 rings (SSSR count). The van der Waals surface area contributed by atoms with Crippen molar-refractivity contribution >= 4 is 23.4 Å². The maximum atomic E-state index is 6.02. The number of hydrogen-bond donors (Lipinski definition) is 0. The predicted octanol–water partition coefficient (Wildman–Crippen LogP) is 5.79. The van der Waals surface area contributed by atoms with E-state index in [0.717, 1.165) is 29.2 Å². The number of benzene rings is 2. The standard InChI is InChI=1S/C20H19ClN2O2S/c1-3-16-12-19(25-18-9-5-7-15(21)11-18)23-20(22-16)26-13-14-6-4-8-17(10-14)24-2/h4-12H,3,13H2,1-2H3. The van der Waals surface area contributed by atoms with Crippen LogP contribution in [0.2, 0.25) is 5.02 Å². The van der Waals surface area contributed by atoms with Crippen LogP contribution in [0, 0.1) is 0 Å². The van der Waals surface area contributed by atoms with Gasteiger partial charge in [-0.3, -0.25) is 0 Å². The lowest BCUT2D eigenvalue weighted by Crippen LogP contribution is -1.97. The molecular formula is C20H19ClN2O2S. The molecule has 26 heavy (non-hydrogen) atoms. The number of aryl methyl sites for hydroxylation is 1. The van der Waals surface area contributed by atoms with Crippen molar-refractivity contribution in [1.82, 2.24) is 9.97 Å². The van der Waals surface area contributed by atoms with E-state index in [4.69, 9.17) is 21.1 Å². The van der Waals surface area contributed by atoms with E-state index >= 15 is 0 Å². The maximum Gasteiger partial charge on any atom is 0.223 e. The Balaban J connectivity index is 1.76. The molecule has 0 saturated carbocycles. The Kier molecular flexibility index (Phi) is 6.36. The molecule has 0 atom stereocenters. The fourth-order valence-corrected chi connectivity index (χ4v) is 3.30. The van der Waals surface area contributed by atoms with Crippen LogP contribution in [-0.4, -0.2) is 17.1 Å². The highest BCUT2D eigenvalue weighted by Crippen LogP contribution is 2.27. The summed E-state index contributed by atoms with van der Waals surface area (Å²) in [4.78, 5) is 9.10. The Morgan fingerprint density at radius 3 is 2.58 bits per heavy atom. The van der Waals surface area contributed by atoms with E-state index in [9.17, 15) is 0 Å². The Morgan fingerprint density at radius 1 is 1.00 bits per heavy atom. The maximum absolute atomic E-state index is 6.02. The van der Waals surface area contributed by atoms with Crippen LogP contribution < -0.4 is 9.47 Å². The largest absolute Gasteiger partial charge is 0.497 e. The third-order valence-electron chi connectivity index (χ3n) is 3.62. The number of methoxy groups -OCH3 is 1. The van der Waals surface area contributed by atoms with E-state index in [1.54, 1.807) is 31.0 Å². The van der Waals surface area contributed by atoms with E-state index < -0.39 is 0 Å². The predicted molar refractivity (Wildman–Crippen MR) is 105 cm³/mol. The Labute approximate surface area is 162 Å². The normalized spacial score (nSPS) is 10.6. The van der Waals surface area contributed by atoms with Gasteiger partial charge in [-0.15, -0.1) is 0 Å². The van der Waals surface area contributed by atoms with Crippen molar-refractivity contribution in [2.75, 3.05) is 7.11 Å². The second-order valence-corrected chi connectivity index (χ2v) is 6.91. The highest BCUT2D eigenvalue weighted by Gasteiger charge is 2.08. The molecule has 3 aromatic rings. The summed E-state index contributed by atoms with van der Waals surface area (Å²) >= 11 is 7.58. The monoisotopic (exact) mass is 386 g/mol. The summed E-state index contributed by atoms with van der Waals surface area (Å²) in [5.41, 5.74) is 2.09. The molecule has 0 saturated heterocycles. The zero-order valence-corrected chi connectivity index (χ0v) is 16.2. The van der Waals surface area contributed by atoms with E-state index in [0.29, 0.717) is 21.8 Å². The first-order valence-electron chi connectivity index (χ1n) is 8.23. The average Bonchev–Trinajstić information content (AvgIpc) is 2.66. The molecule has 0 aliphatic rings. The summed E-state index contributed by atoms with van der Waals surface area (Å²) in [6, 6.07) is 17.1. The fourth-order valence-electron chi connectivity index (χ4n) is 2.31. The molecule has 0 aliphatic carbocycles. The first kappa shape index (κ1) is 18.5. The average molecular weight is 387 g/mol. The van der Waals surface area contributed by atoms with Crippen LogP contribution in [0.1, 0.15) is 18.2 Å². The van der Waals surface area contributed by atoms with Gasteiger partial charge >= 0.3 is 0 Å². The van der Waals surface area contributed by atoms with E-state index in [2.05, 4.69) is 23.0 Å². The van der Waals surface area contributed by atoms with Crippen LogP contribution in [0.3, 0.4) is 0 Å². The molecule has 2 aromatic carbocycles. The molecule has 0 N–H and O–H groups in total. The van der Waals surface area contributed by atoms with Crippen LogP contribution in [-0.2, 0) is 12.2 Å². The lowest BCUT2D eigenvalue weighted by atomic mass is 10.2. The molecule has 0 spiro atoms. The quantitative estimate of drug-likeness (QED) is 0.380. The SMILES string of the molecule is CCc1cc(Oc2cccc(Cl)c2)nc(SCc2cccc(OC)c2)n1. The summed E-state index contributed by atoms with van der Waals surface area (Å²) in [6.45, 7) is 2.06. The second-order valence-electron chi connectivity index (χ2n) is 5.53. The van der Waals surface area contributed by atoms with Crippen LogP contribution in [0.25, 0.3) is 0 Å². The zero-order chi connectivity index (χ0) is 18.4. The van der Waals surface area contributed by atoms with Crippen molar-refractivity contribution in [1.29, 1.82) is 0 Å². The third kappa shape index (κ3) is 5.13. The van der Waals surface area contributed by atoms with Crippen molar-refractivity contribution in [3.8, 4) is 17.4 Å². The molecule has 0 radical (unpaired) electrons. The summed E-state index contributed by atoms with van der Waals surface area (Å²) in [5.74, 6) is 2.77. The number of aromatic nitrogens is 2. The summed E-state index contributed by atoms with van der Waals surface area (Å²) in [5, 5.41) is 1.31. The van der Waals surface area contributed by atoms with E-state index in [1.807, 2.05) is 36.4 Å². The minimum Gasteiger partial charge on any atom is -0.497 e. The van der Waals surface area contributed by atoms with Crippen LogP contribution in [0.4, 0.5) is 0 Å². The van der Waals surface area contributed by atoms with Gasteiger partial charge in [0.2, 0.25) is 5.88 Å². The first-order chi connectivity index (χ1) is 12.7. The van der Waals surface area contributed by atoms with Crippen molar-refractivity contribution in [3.05, 3.63) is 70.9 Å². The van der Waals surface area contributed by atoms with Gasteiger partial charge in [0, 0.05) is 22.5 Å². The van der Waals surface area contributed by atoms with Gasteiger partial charge in [-0.05, 0) is 42.3 Å². The van der Waals surface area contributed by atoms with Gasteiger partial charge in [-0.25, -0.2) is 4.98 Å². The highest BCUT2D eigenvalue weighted by atomic mass is 35.5. The molecule has 1 aromatic heterocycles. The molecule has 0 unspecified atom stereocenters. The molecule has 0 aliphatic heterocycles. The van der Waals surface area contributed by atoms with Crippen LogP contribution >= 0.6 is 23.4 Å². The van der Waals surface area contributed by atoms with Gasteiger partial charge in [0.1, 0.15) is 11.5 Å². The van der Waals surface area contributed by atoms with E-state index in [-0.39, 0.29) is 0 Å². The molecule has 4 nitrogen and oxygen atoms in total. The lowest BCUT2D eigenvalue weighted by Gasteiger charge is -2.09. The van der Waals surface area contributed by atoms with Gasteiger partial charge in [-0.2, -0.15) is 4.98 Å². The summed E-state index contributed by atoms with van der Waals surface area (Å²) in [6.07, 6.45) is 0.807. The Bertz CT molecular complexity index is 889. The van der Waals surface area contributed by atoms with Crippen molar-refractivity contribution in [3.63, 3.8) is 0 Å². The number of hydrogen-bond acceptors (Lipinski definition) is 5. The Morgan fingerprint density at radius 2 is 1.81 bits per heavy atom. The number of halogens is 1. The molecular weight excluding hydrogens is 368 g/mol. The van der Waals surface area contributed by atoms with E-state index in [1.165, 1.54) is 0 Å². The molecule has 0 fully saturated rings. The molecule has 1 heterocycles. The topological polar surface area (TPSA) is 44.2 Å². The van der Waals surface area contributed by atoms with Crippen molar-refractivity contribution in [2.24, 2.45) is 0 Å². The highest BCUT2D eigenvalue weighted by molar-refractivity contribution is 7.98. The second kappa shape index (κ2) is 8.92. The van der Waals surface area contributed by atoms with Crippen LogP contribution in [0.15, 0.2) is 59.8 Å². The van der Waals surface area contributed by atoms with Crippen LogP contribution in [0.5, 0.6) is 17.4 Å². The minimum atomic E-state index is 0.521.